The van der Waals surface area contributed by atoms with Crippen molar-refractivity contribution in [1.82, 2.24) is 9.97 Å². The summed E-state index contributed by atoms with van der Waals surface area (Å²) >= 11 is 0. The fourth-order valence-corrected chi connectivity index (χ4v) is 3.40. The van der Waals surface area contributed by atoms with Crippen molar-refractivity contribution in [3.8, 4) is 0 Å². The van der Waals surface area contributed by atoms with Crippen molar-refractivity contribution < 1.29 is 0 Å². The Morgan fingerprint density at radius 1 is 1.32 bits per heavy atom. The summed E-state index contributed by atoms with van der Waals surface area (Å²) < 4.78 is 0. The second-order valence-electron chi connectivity index (χ2n) is 7.19. The zero-order chi connectivity index (χ0) is 17.8. The maximum absolute atomic E-state index is 7.93. The van der Waals surface area contributed by atoms with E-state index in [2.05, 4.69) is 55.3 Å². The van der Waals surface area contributed by atoms with Gasteiger partial charge < -0.3 is 15.7 Å². The standard InChI is InChI=1S/C21H28N4/c1-14(2)23-21-19(13-22)17(11-18-10-9-15(3)24-18)12-20(25-21)16-7-5-4-6-8-16/h7,9-10,12-14,22,24H,4-6,8,11H2,1-3H3,(H,23,25). The molecule has 0 unspecified atom stereocenters. The van der Waals surface area contributed by atoms with E-state index < -0.39 is 0 Å². The van der Waals surface area contributed by atoms with Gasteiger partial charge in [0, 0.05) is 35.6 Å². The van der Waals surface area contributed by atoms with Crippen LogP contribution in [0.4, 0.5) is 5.82 Å². The molecule has 0 aromatic carbocycles. The Morgan fingerprint density at radius 3 is 2.76 bits per heavy atom. The van der Waals surface area contributed by atoms with Crippen LogP contribution in [0.3, 0.4) is 0 Å². The fourth-order valence-electron chi connectivity index (χ4n) is 3.40. The van der Waals surface area contributed by atoms with E-state index >= 15 is 0 Å². The summed E-state index contributed by atoms with van der Waals surface area (Å²) in [7, 11) is 0. The minimum Gasteiger partial charge on any atom is -0.367 e. The van der Waals surface area contributed by atoms with E-state index in [1.54, 1.807) is 0 Å². The van der Waals surface area contributed by atoms with Crippen molar-refractivity contribution in [3.05, 3.63) is 52.5 Å². The zero-order valence-corrected chi connectivity index (χ0v) is 15.4. The summed E-state index contributed by atoms with van der Waals surface area (Å²) in [5.41, 5.74) is 6.78. The number of hydrogen-bond donors (Lipinski definition) is 3. The molecule has 0 saturated carbocycles. The zero-order valence-electron chi connectivity index (χ0n) is 15.4. The van der Waals surface area contributed by atoms with Crippen LogP contribution >= 0.6 is 0 Å². The molecule has 0 bridgehead atoms. The molecule has 132 valence electrons. The first-order valence-electron chi connectivity index (χ1n) is 9.21. The molecule has 4 nitrogen and oxygen atoms in total. The molecule has 0 radical (unpaired) electrons. The van der Waals surface area contributed by atoms with E-state index in [9.17, 15) is 0 Å². The van der Waals surface area contributed by atoms with Gasteiger partial charge in [-0.25, -0.2) is 4.98 Å². The number of nitrogens with zero attached hydrogens (tertiary/aromatic N) is 1. The van der Waals surface area contributed by atoms with E-state index in [0.717, 1.165) is 47.6 Å². The highest BCUT2D eigenvalue weighted by Gasteiger charge is 2.16. The molecule has 0 aliphatic heterocycles. The van der Waals surface area contributed by atoms with E-state index in [1.807, 2.05) is 0 Å². The van der Waals surface area contributed by atoms with Crippen LogP contribution in [0, 0.1) is 12.3 Å². The molecule has 3 rings (SSSR count). The van der Waals surface area contributed by atoms with Gasteiger partial charge in [0.25, 0.3) is 0 Å². The molecule has 0 amide bonds. The summed E-state index contributed by atoms with van der Waals surface area (Å²) in [6.45, 7) is 6.28. The normalized spacial score (nSPS) is 14.5. The van der Waals surface area contributed by atoms with E-state index in [-0.39, 0.29) is 6.04 Å². The number of nitrogens with one attached hydrogen (secondary N) is 3. The molecule has 0 atom stereocenters. The van der Waals surface area contributed by atoms with E-state index in [1.165, 1.54) is 30.3 Å². The lowest BCUT2D eigenvalue weighted by Gasteiger charge is -2.19. The van der Waals surface area contributed by atoms with Gasteiger partial charge in [0.15, 0.2) is 0 Å². The quantitative estimate of drug-likeness (QED) is 0.644. The monoisotopic (exact) mass is 336 g/mol. The first-order valence-corrected chi connectivity index (χ1v) is 9.21. The predicted molar refractivity (Wildman–Crippen MR) is 106 cm³/mol. The molecule has 1 aliphatic carbocycles. The lowest BCUT2D eigenvalue weighted by Crippen LogP contribution is -2.15. The van der Waals surface area contributed by atoms with Crippen molar-refractivity contribution in [2.24, 2.45) is 0 Å². The van der Waals surface area contributed by atoms with Crippen LogP contribution in [0.15, 0.2) is 24.3 Å². The molecule has 1 aliphatic rings. The number of pyridine rings is 1. The van der Waals surface area contributed by atoms with Crippen molar-refractivity contribution in [2.75, 3.05) is 5.32 Å². The van der Waals surface area contributed by atoms with Gasteiger partial charge in [0.2, 0.25) is 0 Å². The van der Waals surface area contributed by atoms with E-state index in [0.29, 0.717) is 0 Å². The van der Waals surface area contributed by atoms with Gasteiger partial charge in [0.1, 0.15) is 5.82 Å². The first kappa shape index (κ1) is 17.5. The van der Waals surface area contributed by atoms with Crippen molar-refractivity contribution >= 4 is 17.6 Å². The second-order valence-corrected chi connectivity index (χ2v) is 7.19. The summed E-state index contributed by atoms with van der Waals surface area (Å²) in [6.07, 6.45) is 9.29. The van der Waals surface area contributed by atoms with Crippen molar-refractivity contribution in [1.29, 1.82) is 5.41 Å². The number of aromatic nitrogens is 2. The Labute approximate surface area is 150 Å². The van der Waals surface area contributed by atoms with Gasteiger partial charge in [-0.05, 0) is 75.8 Å². The largest absolute Gasteiger partial charge is 0.367 e. The molecule has 3 N–H and O–H groups in total. The van der Waals surface area contributed by atoms with Gasteiger partial charge in [-0.1, -0.05) is 6.08 Å². The van der Waals surface area contributed by atoms with Crippen LogP contribution in [0.1, 0.15) is 67.7 Å². The molecule has 2 aromatic rings. The number of allylic oxidation sites excluding steroid dienone is 2. The third kappa shape index (κ3) is 4.19. The first-order chi connectivity index (χ1) is 12.1. The van der Waals surface area contributed by atoms with Crippen LogP contribution in [0.2, 0.25) is 0 Å². The smallest absolute Gasteiger partial charge is 0.135 e. The Morgan fingerprint density at radius 2 is 2.16 bits per heavy atom. The second kappa shape index (κ2) is 7.68. The molecular weight excluding hydrogens is 308 g/mol. The number of aryl methyl sites for hydroxylation is 1. The molecular formula is C21H28N4. The van der Waals surface area contributed by atoms with Gasteiger partial charge in [-0.2, -0.15) is 0 Å². The number of anilines is 1. The summed E-state index contributed by atoms with van der Waals surface area (Å²) in [4.78, 5) is 8.28. The molecule has 0 spiro atoms. The van der Waals surface area contributed by atoms with Gasteiger partial charge in [-0.3, -0.25) is 0 Å². The molecule has 25 heavy (non-hydrogen) atoms. The molecule has 2 aromatic heterocycles. The van der Waals surface area contributed by atoms with Gasteiger partial charge in [0.05, 0.1) is 5.69 Å². The highest BCUT2D eigenvalue weighted by atomic mass is 15.0. The van der Waals surface area contributed by atoms with Crippen LogP contribution in [0.25, 0.3) is 5.57 Å². The summed E-state index contributed by atoms with van der Waals surface area (Å²) in [5, 5.41) is 11.4. The predicted octanol–water partition coefficient (Wildman–Crippen LogP) is 5.08. The topological polar surface area (TPSA) is 64.6 Å². The number of H-pyrrole nitrogens is 1. The lowest BCUT2D eigenvalue weighted by atomic mass is 9.94. The highest BCUT2D eigenvalue weighted by molar-refractivity contribution is 5.87. The summed E-state index contributed by atoms with van der Waals surface area (Å²) in [6, 6.07) is 6.68. The molecule has 2 heterocycles. The molecule has 0 saturated heterocycles. The lowest BCUT2D eigenvalue weighted by molar-refractivity contribution is 0.739. The SMILES string of the molecule is Cc1ccc(Cc2cc(C3=CCCCC3)nc(NC(C)C)c2C=N)[nH]1. The van der Waals surface area contributed by atoms with Gasteiger partial charge >= 0.3 is 0 Å². The minimum absolute atomic E-state index is 0.280. The Hall–Kier alpha value is -2.36. The highest BCUT2D eigenvalue weighted by Crippen LogP contribution is 2.30. The third-order valence-corrected chi connectivity index (χ3v) is 4.61. The number of rotatable bonds is 6. The van der Waals surface area contributed by atoms with Crippen LogP contribution < -0.4 is 5.32 Å². The fraction of sp³-hybridized carbons (Fsp3) is 0.429. The Bertz CT molecular complexity index is 783. The maximum atomic E-state index is 7.93. The molecule has 4 heteroatoms. The molecule has 0 fully saturated rings. The average Bonchev–Trinajstić information content (AvgIpc) is 3.00. The Balaban J connectivity index is 2.05. The maximum Gasteiger partial charge on any atom is 0.135 e. The van der Waals surface area contributed by atoms with Crippen molar-refractivity contribution in [2.45, 2.75) is 58.9 Å². The number of aromatic amines is 1. The number of hydrogen-bond acceptors (Lipinski definition) is 3. The van der Waals surface area contributed by atoms with Crippen LogP contribution in [-0.4, -0.2) is 22.2 Å². The van der Waals surface area contributed by atoms with Crippen LogP contribution in [-0.2, 0) is 6.42 Å². The van der Waals surface area contributed by atoms with Crippen molar-refractivity contribution in [3.63, 3.8) is 0 Å². The average molecular weight is 336 g/mol. The van der Waals surface area contributed by atoms with E-state index in [4.69, 9.17) is 10.4 Å². The minimum atomic E-state index is 0.280. The third-order valence-electron chi connectivity index (χ3n) is 4.61. The van der Waals surface area contributed by atoms with Gasteiger partial charge in [-0.15, -0.1) is 0 Å². The van der Waals surface area contributed by atoms with Crippen LogP contribution in [0.5, 0.6) is 0 Å². The Kier molecular flexibility index (Phi) is 5.37. The summed E-state index contributed by atoms with van der Waals surface area (Å²) in [5.74, 6) is 0.826.